The van der Waals surface area contributed by atoms with E-state index in [1.807, 2.05) is 12.1 Å². The van der Waals surface area contributed by atoms with E-state index < -0.39 is 0 Å². The quantitative estimate of drug-likeness (QED) is 0.731. The van der Waals surface area contributed by atoms with Crippen LogP contribution in [-0.2, 0) is 6.42 Å². The van der Waals surface area contributed by atoms with E-state index in [9.17, 15) is 9.59 Å². The van der Waals surface area contributed by atoms with Gasteiger partial charge in [0.2, 0.25) is 0 Å². The predicted molar refractivity (Wildman–Crippen MR) is 132 cm³/mol. The maximum atomic E-state index is 15.1. The number of carbonyl (C=O) groups excluding carboxylic acids is 2. The SMILES string of the molecule is CN(C)[C@@H]1CCN(c2ccc(N3CCc4cc(C(=O)NC5CCCC5)ccc4C3=O)cc2F)C1. The number of fused-ring (bicyclic) bond motifs is 1. The summed E-state index contributed by atoms with van der Waals surface area (Å²) in [5.74, 6) is -0.514. The number of anilines is 2. The predicted octanol–water partition coefficient (Wildman–Crippen LogP) is 3.84. The molecular weight excluding hydrogens is 431 g/mol. The molecule has 0 radical (unpaired) electrons. The molecule has 3 aliphatic rings. The van der Waals surface area contributed by atoms with Gasteiger partial charge in [-0.25, -0.2) is 4.39 Å². The zero-order chi connectivity index (χ0) is 23.8. The highest BCUT2D eigenvalue weighted by Crippen LogP contribution is 2.31. The Morgan fingerprint density at radius 3 is 2.56 bits per heavy atom. The molecule has 1 aliphatic carbocycles. The summed E-state index contributed by atoms with van der Waals surface area (Å²) in [6.07, 6.45) is 6.04. The lowest BCUT2D eigenvalue weighted by Crippen LogP contribution is -2.38. The number of nitrogens with one attached hydrogen (secondary N) is 1. The Hall–Kier alpha value is -2.93. The lowest BCUT2D eigenvalue weighted by molar-refractivity contribution is 0.0934. The molecule has 6 nitrogen and oxygen atoms in total. The number of benzene rings is 2. The molecule has 1 atom stereocenters. The molecule has 2 fully saturated rings. The average Bonchev–Trinajstić information content (AvgIpc) is 3.51. The monoisotopic (exact) mass is 464 g/mol. The van der Waals surface area contributed by atoms with Gasteiger partial charge in [-0.1, -0.05) is 12.8 Å². The molecule has 0 unspecified atom stereocenters. The Morgan fingerprint density at radius 2 is 1.85 bits per heavy atom. The molecule has 180 valence electrons. The summed E-state index contributed by atoms with van der Waals surface area (Å²) in [6.45, 7) is 2.09. The summed E-state index contributed by atoms with van der Waals surface area (Å²) < 4.78 is 15.1. The first kappa shape index (κ1) is 22.8. The second kappa shape index (κ2) is 9.37. The second-order valence-corrected chi connectivity index (χ2v) is 10.0. The highest BCUT2D eigenvalue weighted by molar-refractivity contribution is 6.09. The van der Waals surface area contributed by atoms with Crippen LogP contribution in [0.25, 0.3) is 0 Å². The van der Waals surface area contributed by atoms with Gasteiger partial charge in [0.1, 0.15) is 5.82 Å². The molecular formula is C27H33FN4O2. The Morgan fingerprint density at radius 1 is 1.06 bits per heavy atom. The molecule has 1 N–H and O–H groups in total. The molecule has 2 amide bonds. The number of likely N-dealkylation sites (N-methyl/N-ethyl adjacent to an activating group) is 1. The van der Waals surface area contributed by atoms with Gasteiger partial charge in [-0.2, -0.15) is 0 Å². The summed E-state index contributed by atoms with van der Waals surface area (Å²) in [5.41, 5.74) is 3.23. The number of halogens is 1. The highest BCUT2D eigenvalue weighted by atomic mass is 19.1. The molecule has 2 aromatic carbocycles. The molecule has 34 heavy (non-hydrogen) atoms. The van der Waals surface area contributed by atoms with E-state index in [4.69, 9.17) is 0 Å². The van der Waals surface area contributed by atoms with Crippen LogP contribution < -0.4 is 15.1 Å². The zero-order valence-corrected chi connectivity index (χ0v) is 20.0. The highest BCUT2D eigenvalue weighted by Gasteiger charge is 2.29. The van der Waals surface area contributed by atoms with Crippen molar-refractivity contribution in [2.45, 2.75) is 50.6 Å². The topological polar surface area (TPSA) is 55.9 Å². The molecule has 2 aliphatic heterocycles. The molecule has 0 spiro atoms. The van der Waals surface area contributed by atoms with Crippen molar-refractivity contribution < 1.29 is 14.0 Å². The van der Waals surface area contributed by atoms with E-state index in [0.29, 0.717) is 41.5 Å². The van der Waals surface area contributed by atoms with E-state index >= 15 is 4.39 Å². The van der Waals surface area contributed by atoms with Crippen LogP contribution in [0.5, 0.6) is 0 Å². The summed E-state index contributed by atoms with van der Waals surface area (Å²) in [7, 11) is 4.11. The zero-order valence-electron chi connectivity index (χ0n) is 20.0. The summed E-state index contributed by atoms with van der Waals surface area (Å²) in [5, 5.41) is 3.11. The lowest BCUT2D eigenvalue weighted by atomic mass is 9.95. The van der Waals surface area contributed by atoms with Crippen molar-refractivity contribution in [3.8, 4) is 0 Å². The Balaban J connectivity index is 1.30. The van der Waals surface area contributed by atoms with Crippen molar-refractivity contribution in [3.63, 3.8) is 0 Å². The number of carbonyl (C=O) groups is 2. The number of hydrogen-bond acceptors (Lipinski definition) is 4. The van der Waals surface area contributed by atoms with Gasteiger partial charge in [0, 0.05) is 48.5 Å². The maximum Gasteiger partial charge on any atom is 0.258 e. The summed E-state index contributed by atoms with van der Waals surface area (Å²) >= 11 is 0. The molecule has 2 heterocycles. The van der Waals surface area contributed by atoms with Crippen molar-refractivity contribution in [1.29, 1.82) is 0 Å². The Bertz CT molecular complexity index is 1100. The fourth-order valence-corrected chi connectivity index (χ4v) is 5.52. The van der Waals surface area contributed by atoms with Crippen LogP contribution in [0, 0.1) is 5.82 Å². The lowest BCUT2D eigenvalue weighted by Gasteiger charge is -2.30. The standard InChI is InChI=1S/C27H33FN4O2/c1-30(2)22-12-13-31(17-22)25-10-8-21(16-24(25)28)32-14-11-18-15-19(7-9-23(18)27(32)34)26(33)29-20-5-3-4-6-20/h7-10,15-16,20,22H,3-6,11-14,17H2,1-2H3,(H,29,33)/t22-/m1/s1. The molecule has 7 heteroatoms. The van der Waals surface area contributed by atoms with Gasteiger partial charge in [0.05, 0.1) is 5.69 Å². The van der Waals surface area contributed by atoms with Gasteiger partial charge in [-0.05, 0) is 81.7 Å². The van der Waals surface area contributed by atoms with Crippen molar-refractivity contribution in [2.24, 2.45) is 0 Å². The molecule has 1 saturated carbocycles. The Kier molecular flexibility index (Phi) is 6.30. The first-order valence-corrected chi connectivity index (χ1v) is 12.4. The van der Waals surface area contributed by atoms with E-state index in [2.05, 4.69) is 29.2 Å². The third kappa shape index (κ3) is 4.41. The van der Waals surface area contributed by atoms with Crippen LogP contribution in [0.4, 0.5) is 15.8 Å². The maximum absolute atomic E-state index is 15.1. The van der Waals surface area contributed by atoms with E-state index in [1.165, 1.54) is 6.07 Å². The van der Waals surface area contributed by atoms with Crippen LogP contribution in [0.1, 0.15) is 58.4 Å². The minimum atomic E-state index is -0.297. The van der Waals surface area contributed by atoms with Crippen molar-refractivity contribution in [1.82, 2.24) is 10.2 Å². The number of amides is 2. The number of nitrogens with zero attached hydrogens (tertiary/aromatic N) is 3. The van der Waals surface area contributed by atoms with Crippen molar-refractivity contribution in [2.75, 3.05) is 43.5 Å². The smallest absolute Gasteiger partial charge is 0.258 e. The summed E-state index contributed by atoms with van der Waals surface area (Å²) in [4.78, 5) is 31.8. The fourth-order valence-electron chi connectivity index (χ4n) is 5.52. The van der Waals surface area contributed by atoms with Gasteiger partial charge in [-0.15, -0.1) is 0 Å². The Labute approximate surface area is 200 Å². The van der Waals surface area contributed by atoms with Gasteiger partial charge in [-0.3, -0.25) is 9.59 Å². The van der Waals surface area contributed by atoms with Crippen LogP contribution in [-0.4, -0.2) is 62.5 Å². The third-order valence-corrected chi connectivity index (χ3v) is 7.62. The normalized spacial score (nSPS) is 20.8. The van der Waals surface area contributed by atoms with Crippen molar-refractivity contribution >= 4 is 23.2 Å². The minimum absolute atomic E-state index is 0.0688. The van der Waals surface area contributed by atoms with Crippen LogP contribution in [0.2, 0.25) is 0 Å². The molecule has 0 bridgehead atoms. The van der Waals surface area contributed by atoms with E-state index in [0.717, 1.165) is 50.8 Å². The van der Waals surface area contributed by atoms with Gasteiger partial charge in [0.15, 0.2) is 0 Å². The van der Waals surface area contributed by atoms with Crippen LogP contribution >= 0.6 is 0 Å². The number of hydrogen-bond donors (Lipinski definition) is 1. The fraction of sp³-hybridized carbons (Fsp3) is 0.481. The van der Waals surface area contributed by atoms with Gasteiger partial charge in [0.25, 0.3) is 11.8 Å². The van der Waals surface area contributed by atoms with Crippen LogP contribution in [0.3, 0.4) is 0 Å². The van der Waals surface area contributed by atoms with E-state index in [-0.39, 0.29) is 23.7 Å². The summed E-state index contributed by atoms with van der Waals surface area (Å²) in [6, 6.07) is 11.1. The molecule has 2 aromatic rings. The minimum Gasteiger partial charge on any atom is -0.368 e. The first-order chi connectivity index (χ1) is 16.4. The molecule has 0 aromatic heterocycles. The second-order valence-electron chi connectivity index (χ2n) is 10.0. The van der Waals surface area contributed by atoms with Crippen LogP contribution in [0.15, 0.2) is 36.4 Å². The molecule has 5 rings (SSSR count). The van der Waals surface area contributed by atoms with Gasteiger partial charge < -0.3 is 20.0 Å². The largest absolute Gasteiger partial charge is 0.368 e. The first-order valence-electron chi connectivity index (χ1n) is 12.4. The van der Waals surface area contributed by atoms with Gasteiger partial charge >= 0.3 is 0 Å². The van der Waals surface area contributed by atoms with Crippen molar-refractivity contribution in [3.05, 3.63) is 58.9 Å². The molecule has 1 saturated heterocycles. The average molecular weight is 465 g/mol. The number of rotatable bonds is 5. The van der Waals surface area contributed by atoms with E-state index in [1.54, 1.807) is 23.1 Å². The third-order valence-electron chi connectivity index (χ3n) is 7.62.